The highest BCUT2D eigenvalue weighted by Crippen LogP contribution is 2.48. The van der Waals surface area contributed by atoms with Gasteiger partial charge in [0.2, 0.25) is 0 Å². The highest BCUT2D eigenvalue weighted by molar-refractivity contribution is 8.18. The summed E-state index contributed by atoms with van der Waals surface area (Å²) in [5.41, 5.74) is 2.32. The topological polar surface area (TPSA) is 27.0 Å². The first-order chi connectivity index (χ1) is 11.3. The molecule has 1 fully saturated rings. The number of hydrogen-bond acceptors (Lipinski definition) is 4. The van der Waals surface area contributed by atoms with E-state index in [1.807, 2.05) is 42.7 Å². The number of nitrogens with zero attached hydrogens (tertiary/aromatic N) is 2. The molecule has 0 aromatic heterocycles. The van der Waals surface area contributed by atoms with Crippen LogP contribution < -0.4 is 4.90 Å². The van der Waals surface area contributed by atoms with Gasteiger partial charge in [-0.15, -0.1) is 23.5 Å². The van der Waals surface area contributed by atoms with Gasteiger partial charge in [-0.2, -0.15) is 5.26 Å². The van der Waals surface area contributed by atoms with E-state index in [2.05, 4.69) is 47.4 Å². The third-order valence-electron chi connectivity index (χ3n) is 3.96. The molecule has 1 heterocycles. The second-order valence-corrected chi connectivity index (χ2v) is 7.78. The molecule has 4 heteroatoms. The number of anilines is 1. The Kier molecular flexibility index (Phi) is 5.00. The van der Waals surface area contributed by atoms with Crippen LogP contribution >= 0.6 is 23.5 Å². The lowest BCUT2D eigenvalue weighted by atomic mass is 10.1. The van der Waals surface area contributed by atoms with Gasteiger partial charge in [0.05, 0.1) is 18.0 Å². The van der Waals surface area contributed by atoms with Crippen molar-refractivity contribution in [1.82, 2.24) is 0 Å². The van der Waals surface area contributed by atoms with E-state index in [0.29, 0.717) is 0 Å². The van der Waals surface area contributed by atoms with Gasteiger partial charge in [-0.1, -0.05) is 60.7 Å². The fraction of sp³-hybridized carbons (Fsp3) is 0.211. The average Bonchev–Trinajstić information content (AvgIpc) is 3.00. The standard InChI is InChI=1S/C19H18N2S2/c1-22-19(14-20)18(13-12-16-8-4-2-5-9-16)21(15-23-19)17-10-6-3-7-11-17/h2-13,18H,15H2,1H3/b13-12+/t18-,19+/m0/s1. The third kappa shape index (κ3) is 3.26. The maximum Gasteiger partial charge on any atom is 0.173 e. The van der Waals surface area contributed by atoms with Gasteiger partial charge >= 0.3 is 0 Å². The molecule has 0 aliphatic carbocycles. The van der Waals surface area contributed by atoms with Crippen LogP contribution in [0.15, 0.2) is 66.7 Å². The summed E-state index contributed by atoms with van der Waals surface area (Å²) in [5, 5.41) is 9.80. The molecule has 1 aliphatic rings. The highest BCUT2D eigenvalue weighted by Gasteiger charge is 2.47. The summed E-state index contributed by atoms with van der Waals surface area (Å²) in [6.45, 7) is 0. The van der Waals surface area contributed by atoms with Crippen LogP contribution in [0.2, 0.25) is 0 Å². The van der Waals surface area contributed by atoms with Gasteiger partial charge in [-0.05, 0) is 24.0 Å². The minimum atomic E-state index is -0.471. The lowest BCUT2D eigenvalue weighted by molar-refractivity contribution is 0.777. The van der Waals surface area contributed by atoms with Crippen molar-refractivity contribution >= 4 is 35.3 Å². The van der Waals surface area contributed by atoms with Crippen molar-refractivity contribution in [3.8, 4) is 6.07 Å². The molecule has 1 aliphatic heterocycles. The van der Waals surface area contributed by atoms with Crippen LogP contribution in [0.3, 0.4) is 0 Å². The van der Waals surface area contributed by atoms with Gasteiger partial charge in [0.1, 0.15) is 0 Å². The second kappa shape index (κ2) is 7.16. The van der Waals surface area contributed by atoms with E-state index in [1.54, 1.807) is 23.5 Å². The largest absolute Gasteiger partial charge is 0.352 e. The number of nitriles is 1. The molecule has 0 saturated carbocycles. The molecule has 0 bridgehead atoms. The number of benzene rings is 2. The molecule has 116 valence electrons. The van der Waals surface area contributed by atoms with E-state index >= 15 is 0 Å². The van der Waals surface area contributed by atoms with Crippen molar-refractivity contribution in [2.45, 2.75) is 10.1 Å². The van der Waals surface area contributed by atoms with Gasteiger partial charge in [0.15, 0.2) is 4.08 Å². The second-order valence-electron chi connectivity index (χ2n) is 5.28. The van der Waals surface area contributed by atoms with Crippen LogP contribution in [-0.4, -0.2) is 22.3 Å². The van der Waals surface area contributed by atoms with Crippen LogP contribution in [0.4, 0.5) is 5.69 Å². The lowest BCUT2D eigenvalue weighted by Gasteiger charge is -2.29. The van der Waals surface area contributed by atoms with Crippen molar-refractivity contribution < 1.29 is 0 Å². The van der Waals surface area contributed by atoms with Gasteiger partial charge < -0.3 is 4.90 Å². The van der Waals surface area contributed by atoms with Crippen molar-refractivity contribution in [1.29, 1.82) is 5.26 Å². The summed E-state index contributed by atoms with van der Waals surface area (Å²) < 4.78 is -0.471. The highest BCUT2D eigenvalue weighted by atomic mass is 32.2. The van der Waals surface area contributed by atoms with Crippen LogP contribution in [0, 0.1) is 11.3 Å². The van der Waals surface area contributed by atoms with E-state index in [0.717, 1.165) is 17.1 Å². The molecule has 0 radical (unpaired) electrons. The molecule has 1 saturated heterocycles. The Hall–Kier alpha value is -1.83. The SMILES string of the molecule is CS[C@]1(C#N)SCN(c2ccccc2)[C@H]1/C=C/c1ccccc1. The van der Waals surface area contributed by atoms with Crippen molar-refractivity contribution in [2.75, 3.05) is 17.0 Å². The smallest absolute Gasteiger partial charge is 0.173 e. The summed E-state index contributed by atoms with van der Waals surface area (Å²) in [6, 6.07) is 23.2. The zero-order valence-corrected chi connectivity index (χ0v) is 14.6. The molecular formula is C19H18N2S2. The van der Waals surface area contributed by atoms with Crippen LogP contribution in [-0.2, 0) is 0 Å². The van der Waals surface area contributed by atoms with Gasteiger partial charge in [-0.25, -0.2) is 0 Å². The number of hydrogen-bond donors (Lipinski definition) is 0. The fourth-order valence-electron chi connectivity index (χ4n) is 2.71. The Morgan fingerprint density at radius 3 is 2.43 bits per heavy atom. The summed E-state index contributed by atoms with van der Waals surface area (Å²) in [7, 11) is 0. The molecular weight excluding hydrogens is 320 g/mol. The molecule has 2 atom stereocenters. The lowest BCUT2D eigenvalue weighted by Crippen LogP contribution is -2.39. The predicted molar refractivity (Wildman–Crippen MR) is 103 cm³/mol. The maximum atomic E-state index is 9.80. The Morgan fingerprint density at radius 2 is 1.83 bits per heavy atom. The molecule has 2 nitrogen and oxygen atoms in total. The Balaban J connectivity index is 1.95. The molecule has 23 heavy (non-hydrogen) atoms. The number of thioether (sulfide) groups is 2. The van der Waals surface area contributed by atoms with Crippen molar-refractivity contribution in [3.63, 3.8) is 0 Å². The average molecular weight is 339 g/mol. The first-order valence-corrected chi connectivity index (χ1v) is 9.65. The molecule has 0 N–H and O–H groups in total. The number of para-hydroxylation sites is 1. The zero-order valence-electron chi connectivity index (χ0n) is 12.9. The first kappa shape index (κ1) is 16.0. The molecule has 0 amide bonds. The molecule has 0 spiro atoms. The number of rotatable bonds is 4. The predicted octanol–water partition coefficient (Wildman–Crippen LogP) is 4.86. The normalized spacial score (nSPS) is 24.0. The summed E-state index contributed by atoms with van der Waals surface area (Å²) in [4.78, 5) is 2.31. The van der Waals surface area contributed by atoms with Crippen LogP contribution in [0.25, 0.3) is 6.08 Å². The van der Waals surface area contributed by atoms with E-state index in [1.165, 1.54) is 0 Å². The van der Waals surface area contributed by atoms with Crippen LogP contribution in [0.5, 0.6) is 0 Å². The molecule has 2 aromatic rings. The van der Waals surface area contributed by atoms with E-state index < -0.39 is 4.08 Å². The maximum absolute atomic E-state index is 9.80. The molecule has 3 rings (SSSR count). The zero-order chi connectivity index (χ0) is 16.1. The van der Waals surface area contributed by atoms with Gasteiger partial charge in [-0.3, -0.25) is 0 Å². The summed E-state index contributed by atoms with van der Waals surface area (Å²) in [5.74, 6) is 0.822. The summed E-state index contributed by atoms with van der Waals surface area (Å²) >= 11 is 3.34. The van der Waals surface area contributed by atoms with Crippen LogP contribution in [0.1, 0.15) is 5.56 Å². The van der Waals surface area contributed by atoms with E-state index in [-0.39, 0.29) is 6.04 Å². The Morgan fingerprint density at radius 1 is 1.17 bits per heavy atom. The minimum Gasteiger partial charge on any atom is -0.352 e. The monoisotopic (exact) mass is 338 g/mol. The quantitative estimate of drug-likeness (QED) is 0.795. The van der Waals surface area contributed by atoms with E-state index in [9.17, 15) is 5.26 Å². The Bertz CT molecular complexity index is 709. The third-order valence-corrected chi connectivity index (χ3v) is 6.92. The first-order valence-electron chi connectivity index (χ1n) is 7.44. The molecule has 0 unspecified atom stereocenters. The molecule has 2 aromatic carbocycles. The van der Waals surface area contributed by atoms with E-state index in [4.69, 9.17) is 0 Å². The van der Waals surface area contributed by atoms with Gasteiger partial charge in [0.25, 0.3) is 0 Å². The fourth-order valence-corrected chi connectivity index (χ4v) is 4.96. The minimum absolute atomic E-state index is 0.0371. The van der Waals surface area contributed by atoms with Crippen molar-refractivity contribution in [2.24, 2.45) is 0 Å². The summed E-state index contributed by atoms with van der Waals surface area (Å²) in [6.07, 6.45) is 6.31. The van der Waals surface area contributed by atoms with Gasteiger partial charge in [0, 0.05) is 5.69 Å². The van der Waals surface area contributed by atoms with Crippen molar-refractivity contribution in [3.05, 3.63) is 72.3 Å². The Labute approximate surface area is 146 Å².